The summed E-state index contributed by atoms with van der Waals surface area (Å²) < 4.78 is 7.19. The lowest BCUT2D eigenvalue weighted by atomic mass is 10.2. The highest BCUT2D eigenvalue weighted by atomic mass is 32.2. The van der Waals surface area contributed by atoms with E-state index in [0.29, 0.717) is 46.4 Å². The van der Waals surface area contributed by atoms with Crippen molar-refractivity contribution >= 4 is 22.7 Å². The Morgan fingerprint density at radius 2 is 1.80 bits per heavy atom. The van der Waals surface area contributed by atoms with E-state index in [1.807, 2.05) is 38.1 Å². The van der Waals surface area contributed by atoms with Gasteiger partial charge in [-0.05, 0) is 46.8 Å². The Hall–Kier alpha value is -2.19. The van der Waals surface area contributed by atoms with Crippen LogP contribution in [0.15, 0.2) is 38.7 Å². The number of fused-ring (bicyclic) bond motifs is 1. The van der Waals surface area contributed by atoms with Gasteiger partial charge >= 0.3 is 0 Å². The summed E-state index contributed by atoms with van der Waals surface area (Å²) >= 11 is 1.48. The van der Waals surface area contributed by atoms with Crippen LogP contribution < -0.4 is 5.56 Å². The minimum absolute atomic E-state index is 0.0115. The Labute approximate surface area is 181 Å². The van der Waals surface area contributed by atoms with Crippen LogP contribution in [0.2, 0.25) is 0 Å². The van der Waals surface area contributed by atoms with E-state index in [0.717, 1.165) is 13.0 Å². The predicted molar refractivity (Wildman–Crippen MR) is 121 cm³/mol. The Morgan fingerprint density at radius 1 is 1.10 bits per heavy atom. The van der Waals surface area contributed by atoms with Crippen LogP contribution in [0.5, 0.6) is 0 Å². The van der Waals surface area contributed by atoms with Crippen molar-refractivity contribution < 1.29 is 4.52 Å². The Morgan fingerprint density at radius 3 is 2.43 bits per heavy atom. The van der Waals surface area contributed by atoms with E-state index in [9.17, 15) is 4.79 Å². The predicted octanol–water partition coefficient (Wildman–Crippen LogP) is 4.31. The normalized spacial score (nSPS) is 13.1. The molecule has 0 N–H and O–H groups in total. The number of hydrogen-bond acceptors (Lipinski definition) is 7. The number of rotatable bonds is 9. The Bertz CT molecular complexity index is 1040. The lowest BCUT2D eigenvalue weighted by molar-refractivity contribution is 0.166. The molecule has 0 saturated carbocycles. The first-order chi connectivity index (χ1) is 14.3. The van der Waals surface area contributed by atoms with Crippen molar-refractivity contribution in [2.75, 3.05) is 6.54 Å². The van der Waals surface area contributed by atoms with Gasteiger partial charge in [0.2, 0.25) is 5.89 Å². The van der Waals surface area contributed by atoms with Crippen LogP contribution in [0.3, 0.4) is 0 Å². The summed E-state index contributed by atoms with van der Waals surface area (Å²) in [6, 6.07) is 8.30. The van der Waals surface area contributed by atoms with Gasteiger partial charge in [0.15, 0.2) is 11.0 Å². The lowest BCUT2D eigenvalue weighted by Crippen LogP contribution is -2.40. The quantitative estimate of drug-likeness (QED) is 0.370. The maximum absolute atomic E-state index is 13.3. The molecule has 162 valence electrons. The molecule has 0 saturated heterocycles. The van der Waals surface area contributed by atoms with E-state index in [1.165, 1.54) is 11.8 Å². The molecule has 1 unspecified atom stereocenters. The van der Waals surface area contributed by atoms with E-state index in [1.54, 1.807) is 4.57 Å². The van der Waals surface area contributed by atoms with Crippen LogP contribution in [0.4, 0.5) is 0 Å². The molecule has 8 heteroatoms. The molecule has 0 fully saturated rings. The van der Waals surface area contributed by atoms with Gasteiger partial charge in [0.1, 0.15) is 0 Å². The fraction of sp³-hybridized carbons (Fsp3) is 0.545. The Balaban J connectivity index is 1.96. The van der Waals surface area contributed by atoms with Crippen molar-refractivity contribution in [1.29, 1.82) is 0 Å². The molecule has 3 aromatic rings. The van der Waals surface area contributed by atoms with Crippen LogP contribution >= 0.6 is 11.8 Å². The third kappa shape index (κ3) is 4.92. The third-order valence-electron chi connectivity index (χ3n) is 5.16. The van der Waals surface area contributed by atoms with Crippen molar-refractivity contribution in [2.24, 2.45) is 0 Å². The number of thioether (sulfide) groups is 1. The zero-order valence-corrected chi connectivity index (χ0v) is 19.4. The second-order valence-electron chi connectivity index (χ2n) is 7.96. The molecule has 7 nitrogen and oxygen atoms in total. The first kappa shape index (κ1) is 22.5. The minimum Gasteiger partial charge on any atom is -0.338 e. The highest BCUT2D eigenvalue weighted by Crippen LogP contribution is 2.33. The molecule has 3 rings (SSSR count). The summed E-state index contributed by atoms with van der Waals surface area (Å²) in [6.07, 6.45) is 0.722. The van der Waals surface area contributed by atoms with Gasteiger partial charge in [0.05, 0.1) is 16.2 Å². The van der Waals surface area contributed by atoms with Gasteiger partial charge in [0, 0.05) is 31.6 Å². The number of aryl methyl sites for hydroxylation is 1. The molecule has 30 heavy (non-hydrogen) atoms. The van der Waals surface area contributed by atoms with E-state index in [4.69, 9.17) is 9.51 Å². The van der Waals surface area contributed by atoms with E-state index >= 15 is 0 Å². The summed E-state index contributed by atoms with van der Waals surface area (Å²) in [5.41, 5.74) is 0.695. The first-order valence-electron chi connectivity index (χ1n) is 10.6. The van der Waals surface area contributed by atoms with Crippen LogP contribution in [0.1, 0.15) is 58.5 Å². The first-order valence-corrected chi connectivity index (χ1v) is 11.4. The van der Waals surface area contributed by atoms with Crippen molar-refractivity contribution in [3.05, 3.63) is 46.3 Å². The maximum atomic E-state index is 13.3. The van der Waals surface area contributed by atoms with E-state index in [-0.39, 0.29) is 10.8 Å². The van der Waals surface area contributed by atoms with Crippen LogP contribution in [0.25, 0.3) is 10.9 Å². The summed E-state index contributed by atoms with van der Waals surface area (Å²) in [5.74, 6) is 1.24. The molecule has 0 amide bonds. The van der Waals surface area contributed by atoms with Gasteiger partial charge in [-0.15, -0.1) is 0 Å². The fourth-order valence-corrected chi connectivity index (χ4v) is 4.51. The maximum Gasteiger partial charge on any atom is 0.262 e. The Kier molecular flexibility index (Phi) is 7.31. The third-order valence-corrected chi connectivity index (χ3v) is 6.24. The molecule has 0 radical (unpaired) electrons. The second kappa shape index (κ2) is 9.75. The van der Waals surface area contributed by atoms with Gasteiger partial charge in [0.25, 0.3) is 5.56 Å². The van der Waals surface area contributed by atoms with E-state index in [2.05, 4.69) is 42.7 Å². The van der Waals surface area contributed by atoms with Crippen molar-refractivity contribution in [1.82, 2.24) is 24.6 Å². The highest BCUT2D eigenvalue weighted by molar-refractivity contribution is 7.99. The van der Waals surface area contributed by atoms with Crippen molar-refractivity contribution in [2.45, 2.75) is 77.0 Å². The number of nitrogens with zero attached hydrogens (tertiary/aromatic N) is 5. The van der Waals surface area contributed by atoms with Crippen LogP contribution in [-0.4, -0.2) is 43.2 Å². The average Bonchev–Trinajstić information content (AvgIpc) is 3.19. The monoisotopic (exact) mass is 429 g/mol. The zero-order chi connectivity index (χ0) is 21.8. The van der Waals surface area contributed by atoms with E-state index < -0.39 is 0 Å². The topological polar surface area (TPSA) is 77.0 Å². The number of aromatic nitrogens is 4. The summed E-state index contributed by atoms with van der Waals surface area (Å²) in [6.45, 7) is 14.1. The van der Waals surface area contributed by atoms with Gasteiger partial charge < -0.3 is 4.52 Å². The molecule has 0 aliphatic rings. The molecule has 0 bridgehead atoms. The molecule has 2 aromatic heterocycles. The molecule has 0 spiro atoms. The van der Waals surface area contributed by atoms with Crippen LogP contribution in [-0.2, 0) is 13.0 Å². The number of para-hydroxylation sites is 1. The minimum atomic E-state index is -0.108. The molecule has 0 aliphatic carbocycles. The van der Waals surface area contributed by atoms with Gasteiger partial charge in [-0.3, -0.25) is 14.3 Å². The molecule has 0 aliphatic heterocycles. The largest absolute Gasteiger partial charge is 0.338 e. The molecule has 2 heterocycles. The summed E-state index contributed by atoms with van der Waals surface area (Å²) in [7, 11) is 0. The van der Waals surface area contributed by atoms with Gasteiger partial charge in [-0.2, -0.15) is 4.98 Å². The SMILES string of the molecule is CCc1noc(C(C)Sc2nc3ccccc3c(=O)n2CCN(C(C)C)C(C)C)n1. The standard InChI is InChI=1S/C22H31N5O2S/c1-7-19-24-20(29-25-19)16(6)30-22-23-18-11-9-8-10-17(18)21(28)27(22)13-12-26(14(2)3)15(4)5/h8-11,14-16H,7,12-13H2,1-6H3. The van der Waals surface area contributed by atoms with Gasteiger partial charge in [-0.1, -0.05) is 36.0 Å². The molecule has 1 atom stereocenters. The highest BCUT2D eigenvalue weighted by Gasteiger charge is 2.21. The molecular formula is C22H31N5O2S. The summed E-state index contributed by atoms with van der Waals surface area (Å²) in [5, 5.41) is 5.20. The fourth-order valence-electron chi connectivity index (χ4n) is 3.55. The lowest BCUT2D eigenvalue weighted by Gasteiger charge is -2.31. The van der Waals surface area contributed by atoms with Gasteiger partial charge in [-0.25, -0.2) is 4.98 Å². The van der Waals surface area contributed by atoms with Crippen molar-refractivity contribution in [3.8, 4) is 0 Å². The average molecular weight is 430 g/mol. The molecular weight excluding hydrogens is 398 g/mol. The number of hydrogen-bond donors (Lipinski definition) is 0. The zero-order valence-electron chi connectivity index (χ0n) is 18.6. The summed E-state index contributed by atoms with van der Waals surface area (Å²) in [4.78, 5) is 24.9. The van der Waals surface area contributed by atoms with Crippen molar-refractivity contribution in [3.63, 3.8) is 0 Å². The number of benzene rings is 1. The van der Waals surface area contributed by atoms with Crippen LogP contribution in [0, 0.1) is 0 Å². The smallest absolute Gasteiger partial charge is 0.262 e. The molecule has 1 aromatic carbocycles. The second-order valence-corrected chi connectivity index (χ2v) is 9.26.